The van der Waals surface area contributed by atoms with Gasteiger partial charge in [-0.25, -0.2) is 13.4 Å². The molecule has 0 aliphatic carbocycles. The minimum Gasteiger partial charge on any atom is -0.258 e. The van der Waals surface area contributed by atoms with Crippen molar-refractivity contribution in [3.63, 3.8) is 0 Å². The van der Waals surface area contributed by atoms with Crippen molar-refractivity contribution in [1.29, 1.82) is 0 Å². The molecule has 1 aromatic heterocycles. The van der Waals surface area contributed by atoms with Crippen LogP contribution in [0.15, 0.2) is 29.6 Å². The smallest absolute Gasteiger partial charge is 0.238 e. The number of hydrogen-bond donors (Lipinski definition) is 1. The molecule has 0 fully saturated rings. The van der Waals surface area contributed by atoms with Crippen LogP contribution in [-0.2, 0) is 15.8 Å². The van der Waals surface area contributed by atoms with Crippen molar-refractivity contribution in [3.05, 3.63) is 45.9 Å². The van der Waals surface area contributed by atoms with Crippen LogP contribution in [0.4, 0.5) is 5.13 Å². The maximum Gasteiger partial charge on any atom is 0.238 e. The Bertz CT molecular complexity index is 653. The molecule has 2 aromatic rings. The summed E-state index contributed by atoms with van der Waals surface area (Å²) in [7, 11) is -3.48. The molecule has 0 bridgehead atoms. The van der Waals surface area contributed by atoms with Gasteiger partial charge in [-0.2, -0.15) is 0 Å². The molecular formula is C11H11ClN2O2S2. The number of hydrogen-bond acceptors (Lipinski definition) is 4. The van der Waals surface area contributed by atoms with E-state index in [1.54, 1.807) is 29.6 Å². The quantitative estimate of drug-likeness (QED) is 0.944. The predicted molar refractivity (Wildman–Crippen MR) is 74.5 cm³/mol. The van der Waals surface area contributed by atoms with Gasteiger partial charge in [-0.15, -0.1) is 11.3 Å². The zero-order valence-electron chi connectivity index (χ0n) is 9.55. The topological polar surface area (TPSA) is 59.1 Å². The summed E-state index contributed by atoms with van der Waals surface area (Å²) in [6.07, 6.45) is 0. The molecule has 0 amide bonds. The van der Waals surface area contributed by atoms with Crippen LogP contribution in [0.1, 0.15) is 11.3 Å². The number of halogens is 1. The lowest BCUT2D eigenvalue weighted by molar-refractivity contribution is 0.600. The Morgan fingerprint density at radius 1 is 1.39 bits per heavy atom. The summed E-state index contributed by atoms with van der Waals surface area (Å²) in [4.78, 5) is 4.06. The Labute approximate surface area is 115 Å². The molecule has 1 heterocycles. The van der Waals surface area contributed by atoms with Crippen LogP contribution in [0.3, 0.4) is 0 Å². The fraction of sp³-hybridized carbons (Fsp3) is 0.182. The van der Waals surface area contributed by atoms with Gasteiger partial charge in [0.25, 0.3) is 0 Å². The first-order valence-corrected chi connectivity index (χ1v) is 8.03. The largest absolute Gasteiger partial charge is 0.258 e. The van der Waals surface area contributed by atoms with Gasteiger partial charge >= 0.3 is 0 Å². The summed E-state index contributed by atoms with van der Waals surface area (Å²) in [6.45, 7) is 1.81. The monoisotopic (exact) mass is 302 g/mol. The van der Waals surface area contributed by atoms with Gasteiger partial charge in [0.05, 0.1) is 11.4 Å². The molecule has 0 radical (unpaired) electrons. The normalized spacial score (nSPS) is 11.4. The highest BCUT2D eigenvalue weighted by atomic mass is 35.5. The number of thiazole rings is 1. The van der Waals surface area contributed by atoms with Crippen molar-refractivity contribution >= 4 is 38.1 Å². The van der Waals surface area contributed by atoms with Crippen molar-refractivity contribution in [2.75, 3.05) is 4.72 Å². The second-order valence-electron chi connectivity index (χ2n) is 3.75. The standard InChI is InChI=1S/C11H11ClN2O2S2/c1-8-6-17-11(13-8)14-18(15,16)7-9-4-2-3-5-10(9)12/h2-6H,7H2,1H3,(H,13,14). The van der Waals surface area contributed by atoms with Gasteiger partial charge < -0.3 is 0 Å². The van der Waals surface area contributed by atoms with E-state index in [1.165, 1.54) is 11.3 Å². The Morgan fingerprint density at radius 3 is 2.72 bits per heavy atom. The predicted octanol–water partition coefficient (Wildman–Crippen LogP) is 3.05. The first-order chi connectivity index (χ1) is 8.46. The van der Waals surface area contributed by atoms with Crippen LogP contribution in [0.25, 0.3) is 0 Å². The molecule has 0 aliphatic rings. The molecule has 0 unspecified atom stereocenters. The minimum atomic E-state index is -3.48. The first kappa shape index (κ1) is 13.3. The number of anilines is 1. The maximum absolute atomic E-state index is 11.9. The molecule has 1 aromatic carbocycles. The fourth-order valence-corrected chi connectivity index (χ4v) is 3.82. The van der Waals surface area contributed by atoms with Crippen LogP contribution in [-0.4, -0.2) is 13.4 Å². The molecule has 0 atom stereocenters. The van der Waals surface area contributed by atoms with E-state index in [9.17, 15) is 8.42 Å². The van der Waals surface area contributed by atoms with Crippen LogP contribution in [0.2, 0.25) is 5.02 Å². The number of sulfonamides is 1. The molecule has 0 spiro atoms. The van der Waals surface area contributed by atoms with E-state index in [0.717, 1.165) is 5.69 Å². The lowest BCUT2D eigenvalue weighted by Crippen LogP contribution is -2.15. The van der Waals surface area contributed by atoms with Gasteiger partial charge in [0.1, 0.15) is 0 Å². The Balaban J connectivity index is 2.15. The van der Waals surface area contributed by atoms with Gasteiger partial charge in [-0.3, -0.25) is 4.72 Å². The second kappa shape index (κ2) is 5.26. The van der Waals surface area contributed by atoms with Crippen molar-refractivity contribution in [2.45, 2.75) is 12.7 Å². The number of nitrogens with one attached hydrogen (secondary N) is 1. The number of nitrogens with zero attached hydrogens (tertiary/aromatic N) is 1. The van der Waals surface area contributed by atoms with E-state index in [4.69, 9.17) is 11.6 Å². The Morgan fingerprint density at radius 2 is 2.11 bits per heavy atom. The van der Waals surface area contributed by atoms with Crippen molar-refractivity contribution in [2.24, 2.45) is 0 Å². The van der Waals surface area contributed by atoms with Crippen molar-refractivity contribution in [1.82, 2.24) is 4.98 Å². The third-order valence-corrected chi connectivity index (χ3v) is 4.73. The lowest BCUT2D eigenvalue weighted by atomic mass is 10.2. The highest BCUT2D eigenvalue weighted by molar-refractivity contribution is 7.92. The zero-order valence-corrected chi connectivity index (χ0v) is 11.9. The third-order valence-electron chi connectivity index (χ3n) is 2.17. The van der Waals surface area contributed by atoms with Crippen LogP contribution < -0.4 is 4.72 Å². The van der Waals surface area contributed by atoms with Crippen LogP contribution in [0.5, 0.6) is 0 Å². The molecule has 1 N–H and O–H groups in total. The molecule has 18 heavy (non-hydrogen) atoms. The number of aryl methyl sites for hydroxylation is 1. The molecule has 2 rings (SSSR count). The number of aromatic nitrogens is 1. The fourth-order valence-electron chi connectivity index (χ4n) is 1.39. The average Bonchev–Trinajstić information content (AvgIpc) is 2.66. The van der Waals surface area contributed by atoms with E-state index >= 15 is 0 Å². The summed E-state index contributed by atoms with van der Waals surface area (Å²) in [6, 6.07) is 6.87. The Kier molecular flexibility index (Phi) is 3.89. The van der Waals surface area contributed by atoms with Gasteiger partial charge in [0, 0.05) is 10.4 Å². The van der Waals surface area contributed by atoms with Crippen molar-refractivity contribution < 1.29 is 8.42 Å². The molecule has 0 aliphatic heterocycles. The number of benzene rings is 1. The zero-order chi connectivity index (χ0) is 13.2. The van der Waals surface area contributed by atoms with E-state index in [-0.39, 0.29) is 5.75 Å². The molecule has 4 nitrogen and oxygen atoms in total. The van der Waals surface area contributed by atoms with E-state index in [1.807, 2.05) is 6.92 Å². The van der Waals surface area contributed by atoms with Crippen LogP contribution in [0, 0.1) is 6.92 Å². The summed E-state index contributed by atoms with van der Waals surface area (Å²) < 4.78 is 26.3. The van der Waals surface area contributed by atoms with E-state index in [2.05, 4.69) is 9.71 Å². The van der Waals surface area contributed by atoms with Crippen molar-refractivity contribution in [3.8, 4) is 0 Å². The summed E-state index contributed by atoms with van der Waals surface area (Å²) in [5, 5.41) is 2.60. The van der Waals surface area contributed by atoms with Gasteiger partial charge in [0.15, 0.2) is 5.13 Å². The average molecular weight is 303 g/mol. The third kappa shape index (κ3) is 3.44. The van der Waals surface area contributed by atoms with E-state index < -0.39 is 10.0 Å². The number of rotatable bonds is 4. The Hall–Kier alpha value is -1.11. The molecule has 96 valence electrons. The molecular weight excluding hydrogens is 292 g/mol. The molecule has 0 saturated carbocycles. The summed E-state index contributed by atoms with van der Waals surface area (Å²) in [5.74, 6) is -0.161. The van der Waals surface area contributed by atoms with Crippen LogP contribution >= 0.6 is 22.9 Å². The van der Waals surface area contributed by atoms with Gasteiger partial charge in [-0.1, -0.05) is 29.8 Å². The summed E-state index contributed by atoms with van der Waals surface area (Å²) in [5.41, 5.74) is 1.36. The highest BCUT2D eigenvalue weighted by Crippen LogP contribution is 2.21. The van der Waals surface area contributed by atoms with E-state index in [0.29, 0.717) is 15.7 Å². The molecule has 0 saturated heterocycles. The molecule has 7 heteroatoms. The van der Waals surface area contributed by atoms with Gasteiger partial charge in [-0.05, 0) is 18.6 Å². The lowest BCUT2D eigenvalue weighted by Gasteiger charge is -2.06. The van der Waals surface area contributed by atoms with Gasteiger partial charge in [0.2, 0.25) is 10.0 Å². The highest BCUT2D eigenvalue weighted by Gasteiger charge is 2.15. The summed E-state index contributed by atoms with van der Waals surface area (Å²) >= 11 is 7.19. The second-order valence-corrected chi connectivity index (χ2v) is 6.73. The minimum absolute atomic E-state index is 0.161. The SMILES string of the molecule is Cc1csc(NS(=O)(=O)Cc2ccccc2Cl)n1. The maximum atomic E-state index is 11.9. The first-order valence-electron chi connectivity index (χ1n) is 5.12.